The molecule has 5 aromatic carbocycles. The number of aromatic amines is 1. The molecule has 0 aliphatic heterocycles. The molecule has 0 fully saturated rings. The lowest BCUT2D eigenvalue weighted by Crippen LogP contribution is -2.28. The van der Waals surface area contributed by atoms with Gasteiger partial charge in [0.2, 0.25) is 0 Å². The summed E-state index contributed by atoms with van der Waals surface area (Å²) in [4.78, 5) is 3.59. The van der Waals surface area contributed by atoms with Gasteiger partial charge >= 0.3 is 0 Å². The minimum atomic E-state index is -0.425. The molecule has 0 atom stereocenters. The molecule has 0 saturated heterocycles. The second-order valence-corrected chi connectivity index (χ2v) is 10.8. The molecule has 1 aromatic heterocycles. The summed E-state index contributed by atoms with van der Waals surface area (Å²) in [5.41, 5.74) is 9.63. The van der Waals surface area contributed by atoms with Crippen LogP contribution < -0.4 is 0 Å². The van der Waals surface area contributed by atoms with E-state index < -0.39 is 5.41 Å². The first-order valence-corrected chi connectivity index (χ1v) is 12.9. The van der Waals surface area contributed by atoms with E-state index in [1.807, 2.05) is 0 Å². The first-order valence-electron chi connectivity index (χ1n) is 11.3. The largest absolute Gasteiger partial charge is 0.355 e. The Morgan fingerprint density at radius 2 is 1.12 bits per heavy atom. The van der Waals surface area contributed by atoms with E-state index in [4.69, 9.17) is 0 Å². The van der Waals surface area contributed by atoms with E-state index in [1.165, 1.54) is 49.7 Å². The zero-order chi connectivity index (χ0) is 22.9. The summed E-state index contributed by atoms with van der Waals surface area (Å²) >= 11 is 7.55. The number of benzene rings is 5. The minimum absolute atomic E-state index is 0.425. The highest BCUT2D eigenvalue weighted by molar-refractivity contribution is 9.10. The van der Waals surface area contributed by atoms with Crippen molar-refractivity contribution in [2.75, 3.05) is 0 Å². The van der Waals surface area contributed by atoms with Crippen LogP contribution in [0.4, 0.5) is 0 Å². The molecule has 0 unspecified atom stereocenters. The van der Waals surface area contributed by atoms with Crippen molar-refractivity contribution in [3.05, 3.63) is 140 Å². The molecule has 7 rings (SSSR count). The van der Waals surface area contributed by atoms with E-state index in [0.29, 0.717) is 0 Å². The van der Waals surface area contributed by atoms with Crippen LogP contribution in [0.2, 0.25) is 0 Å². The maximum atomic E-state index is 3.77. The molecule has 1 aliphatic rings. The van der Waals surface area contributed by atoms with Crippen LogP contribution in [0.5, 0.6) is 0 Å². The van der Waals surface area contributed by atoms with Crippen LogP contribution in [0.1, 0.15) is 22.3 Å². The van der Waals surface area contributed by atoms with Crippen molar-refractivity contribution in [3.63, 3.8) is 0 Å². The molecule has 1 heterocycles. The van der Waals surface area contributed by atoms with Crippen LogP contribution in [0.3, 0.4) is 0 Å². The molecule has 6 aromatic rings. The zero-order valence-corrected chi connectivity index (χ0v) is 21.3. The standard InChI is InChI=1S/C31H19Br2N/c32-21-11-13-23-24-14-12-22(33)18-28(24)31(27(23)17-21,19-6-2-1-3-7-19)20-10-15-30-26(16-20)25-8-4-5-9-29(25)34-30/h1-18,34H. The van der Waals surface area contributed by atoms with E-state index in [9.17, 15) is 0 Å². The Morgan fingerprint density at radius 3 is 1.82 bits per heavy atom. The number of nitrogens with one attached hydrogen (secondary N) is 1. The van der Waals surface area contributed by atoms with E-state index in [-0.39, 0.29) is 0 Å². The lowest BCUT2D eigenvalue weighted by Gasteiger charge is -2.34. The Balaban J connectivity index is 1.67. The topological polar surface area (TPSA) is 15.8 Å². The fourth-order valence-electron chi connectivity index (χ4n) is 5.83. The van der Waals surface area contributed by atoms with Gasteiger partial charge in [0, 0.05) is 30.8 Å². The van der Waals surface area contributed by atoms with Crippen molar-refractivity contribution in [1.82, 2.24) is 4.98 Å². The first kappa shape index (κ1) is 20.3. The van der Waals surface area contributed by atoms with Crippen molar-refractivity contribution in [2.24, 2.45) is 0 Å². The number of halogens is 2. The van der Waals surface area contributed by atoms with E-state index in [0.717, 1.165) is 14.5 Å². The van der Waals surface area contributed by atoms with Gasteiger partial charge in [-0.2, -0.15) is 0 Å². The quantitative estimate of drug-likeness (QED) is 0.215. The molecular weight excluding hydrogens is 546 g/mol. The van der Waals surface area contributed by atoms with Gasteiger partial charge in [0.15, 0.2) is 0 Å². The molecule has 0 saturated carbocycles. The summed E-state index contributed by atoms with van der Waals surface area (Å²) in [6, 6.07) is 39.8. The Hall–Kier alpha value is -3.14. The van der Waals surface area contributed by atoms with Crippen molar-refractivity contribution in [1.29, 1.82) is 0 Å². The fourth-order valence-corrected chi connectivity index (χ4v) is 6.55. The Kier molecular flexibility index (Phi) is 4.42. The van der Waals surface area contributed by atoms with Gasteiger partial charge in [-0.15, -0.1) is 0 Å². The molecule has 1 nitrogen and oxygen atoms in total. The molecule has 0 bridgehead atoms. The molecule has 3 heteroatoms. The monoisotopic (exact) mass is 563 g/mol. The number of fused-ring (bicyclic) bond motifs is 6. The highest BCUT2D eigenvalue weighted by Crippen LogP contribution is 2.57. The van der Waals surface area contributed by atoms with Gasteiger partial charge in [-0.3, -0.25) is 0 Å². The lowest BCUT2D eigenvalue weighted by atomic mass is 9.67. The van der Waals surface area contributed by atoms with Gasteiger partial charge in [0.1, 0.15) is 0 Å². The molecule has 0 spiro atoms. The molecular formula is C31H19Br2N. The number of hydrogen-bond acceptors (Lipinski definition) is 0. The van der Waals surface area contributed by atoms with Crippen LogP contribution in [0.25, 0.3) is 32.9 Å². The summed E-state index contributed by atoms with van der Waals surface area (Å²) in [5.74, 6) is 0. The van der Waals surface area contributed by atoms with Crippen molar-refractivity contribution < 1.29 is 0 Å². The smallest absolute Gasteiger partial charge is 0.0714 e. The average molecular weight is 565 g/mol. The molecule has 0 radical (unpaired) electrons. The Labute approximate surface area is 214 Å². The fraction of sp³-hybridized carbons (Fsp3) is 0.0323. The van der Waals surface area contributed by atoms with Crippen molar-refractivity contribution in [3.8, 4) is 11.1 Å². The van der Waals surface area contributed by atoms with Crippen molar-refractivity contribution >= 4 is 53.7 Å². The third-order valence-electron chi connectivity index (χ3n) is 7.21. The summed E-state index contributed by atoms with van der Waals surface area (Å²) in [5, 5.41) is 2.51. The van der Waals surface area contributed by atoms with Crippen LogP contribution >= 0.6 is 31.9 Å². The highest BCUT2D eigenvalue weighted by Gasteiger charge is 2.46. The summed E-state index contributed by atoms with van der Waals surface area (Å²) in [7, 11) is 0. The van der Waals surface area contributed by atoms with Gasteiger partial charge in [0.05, 0.1) is 5.41 Å². The maximum absolute atomic E-state index is 3.77. The van der Waals surface area contributed by atoms with E-state index >= 15 is 0 Å². The minimum Gasteiger partial charge on any atom is -0.355 e. The highest BCUT2D eigenvalue weighted by atomic mass is 79.9. The number of H-pyrrole nitrogens is 1. The predicted octanol–water partition coefficient (Wildman–Crippen LogP) is 9.21. The van der Waals surface area contributed by atoms with E-state index in [1.54, 1.807) is 0 Å². The molecule has 1 aliphatic carbocycles. The normalized spacial score (nSPS) is 13.8. The van der Waals surface area contributed by atoms with Crippen LogP contribution in [0, 0.1) is 0 Å². The molecule has 0 amide bonds. The van der Waals surface area contributed by atoms with E-state index in [2.05, 4.69) is 146 Å². The second-order valence-electron chi connectivity index (χ2n) is 8.93. The van der Waals surface area contributed by atoms with Crippen LogP contribution in [0.15, 0.2) is 118 Å². The third-order valence-corrected chi connectivity index (χ3v) is 8.19. The van der Waals surface area contributed by atoms with Crippen LogP contribution in [-0.4, -0.2) is 4.98 Å². The first-order chi connectivity index (χ1) is 16.7. The summed E-state index contributed by atoms with van der Waals surface area (Å²) in [6.07, 6.45) is 0. The third kappa shape index (κ3) is 2.71. The summed E-state index contributed by atoms with van der Waals surface area (Å²) in [6.45, 7) is 0. The number of aromatic nitrogens is 1. The number of para-hydroxylation sites is 1. The Bertz CT molecular complexity index is 1680. The SMILES string of the molecule is Brc1ccc2c(c1)C(c1ccccc1)(c1ccc3[nH]c4ccccc4c3c1)c1cc(Br)ccc1-2. The molecule has 1 N–H and O–H groups in total. The molecule has 162 valence electrons. The second kappa shape index (κ2) is 7.43. The number of hydrogen-bond donors (Lipinski definition) is 1. The van der Waals surface area contributed by atoms with Gasteiger partial charge < -0.3 is 4.98 Å². The summed E-state index contributed by atoms with van der Waals surface area (Å²) < 4.78 is 2.18. The Morgan fingerprint density at radius 1 is 0.500 bits per heavy atom. The zero-order valence-electron chi connectivity index (χ0n) is 18.1. The van der Waals surface area contributed by atoms with Crippen LogP contribution in [-0.2, 0) is 5.41 Å². The van der Waals surface area contributed by atoms with Gasteiger partial charge in [0.25, 0.3) is 0 Å². The molecule has 34 heavy (non-hydrogen) atoms. The average Bonchev–Trinajstić information content (AvgIpc) is 3.37. The van der Waals surface area contributed by atoms with Gasteiger partial charge in [-0.25, -0.2) is 0 Å². The maximum Gasteiger partial charge on any atom is 0.0714 e. The number of rotatable bonds is 2. The van der Waals surface area contributed by atoms with Gasteiger partial charge in [-0.05, 0) is 75.8 Å². The van der Waals surface area contributed by atoms with Gasteiger partial charge in [-0.1, -0.05) is 98.6 Å². The lowest BCUT2D eigenvalue weighted by molar-refractivity contribution is 0.769. The van der Waals surface area contributed by atoms with Crippen molar-refractivity contribution in [2.45, 2.75) is 5.41 Å². The predicted molar refractivity (Wildman–Crippen MR) is 149 cm³/mol.